The summed E-state index contributed by atoms with van der Waals surface area (Å²) in [6.07, 6.45) is 2.14. The molecule has 2 fully saturated rings. The number of nitrogens with two attached hydrogens (primary N) is 1. The predicted octanol–water partition coefficient (Wildman–Crippen LogP) is 4.96. The van der Waals surface area contributed by atoms with Gasteiger partial charge in [-0.1, -0.05) is 48.4 Å². The Kier molecular flexibility index (Phi) is 11.8. The van der Waals surface area contributed by atoms with Gasteiger partial charge >= 0.3 is 11.9 Å². The Morgan fingerprint density at radius 1 is 1.17 bits per heavy atom. The predicted molar refractivity (Wildman–Crippen MR) is 200 cm³/mol. The number of hydrogen-bond donors (Lipinski definition) is 2. The molecule has 8 atom stereocenters. The Balaban J connectivity index is 1.51. The highest BCUT2D eigenvalue weighted by atomic mass is 35.5. The maximum Gasteiger partial charge on any atom is 0.328 e. The molecule has 3 aliphatic rings. The molecule has 0 unspecified atom stereocenters. The molecule has 3 aliphatic heterocycles. The Hall–Kier alpha value is -4.23. The van der Waals surface area contributed by atoms with E-state index < -0.39 is 71.3 Å². The Bertz CT molecular complexity index is 1810. The van der Waals surface area contributed by atoms with E-state index in [2.05, 4.69) is 0 Å². The molecule has 3 N–H and O–H groups in total. The highest BCUT2D eigenvalue weighted by Crippen LogP contribution is 2.49. The molecular formula is C40H50ClN3O9. The minimum Gasteiger partial charge on any atom is -0.462 e. The van der Waals surface area contributed by atoms with Gasteiger partial charge in [0.05, 0.1) is 29.7 Å². The summed E-state index contributed by atoms with van der Waals surface area (Å²) in [5, 5.41) is 12.2. The molecule has 4 bridgehead atoms. The molecule has 0 radical (unpaired) electrons. The maximum absolute atomic E-state index is 14.1. The lowest BCUT2D eigenvalue weighted by atomic mass is 9.78. The lowest BCUT2D eigenvalue weighted by Crippen LogP contribution is -2.53. The minimum atomic E-state index is -1.57. The van der Waals surface area contributed by atoms with E-state index in [1.54, 1.807) is 57.3 Å². The first-order valence-corrected chi connectivity index (χ1v) is 18.1. The van der Waals surface area contributed by atoms with E-state index in [-0.39, 0.29) is 19.3 Å². The largest absolute Gasteiger partial charge is 0.462 e. The highest BCUT2D eigenvalue weighted by Gasteiger charge is 2.64. The minimum absolute atomic E-state index is 0.0617. The molecule has 2 amide bonds. The van der Waals surface area contributed by atoms with Gasteiger partial charge < -0.3 is 39.6 Å². The lowest BCUT2D eigenvalue weighted by Gasteiger charge is -2.41. The fraction of sp³-hybridized carbons (Fsp3) is 0.500. The van der Waals surface area contributed by atoms with Crippen molar-refractivity contribution in [3.63, 3.8) is 0 Å². The van der Waals surface area contributed by atoms with Crippen LogP contribution in [0.1, 0.15) is 68.4 Å². The van der Waals surface area contributed by atoms with Crippen LogP contribution in [0, 0.1) is 12.8 Å². The third-order valence-electron chi connectivity index (χ3n) is 10.9. The molecule has 0 aromatic heterocycles. The molecule has 5 rings (SSSR count). The normalized spacial score (nSPS) is 31.3. The number of amides is 2. The van der Waals surface area contributed by atoms with E-state index in [9.17, 15) is 24.3 Å². The van der Waals surface area contributed by atoms with Crippen molar-refractivity contribution in [2.45, 2.75) is 102 Å². The second-order valence-corrected chi connectivity index (χ2v) is 15.2. The number of halogens is 1. The molecule has 12 nitrogen and oxygen atoms in total. The van der Waals surface area contributed by atoms with Crippen molar-refractivity contribution in [3.05, 3.63) is 81.9 Å². The van der Waals surface area contributed by atoms with Crippen LogP contribution >= 0.6 is 11.6 Å². The summed E-state index contributed by atoms with van der Waals surface area (Å²) in [6, 6.07) is 9.12. The molecule has 13 heteroatoms. The number of carbonyl (C=O) groups is 4. The number of nitrogens with zero attached hydrogens (tertiary/aromatic N) is 2. The number of likely N-dealkylation sites (N-methyl/N-ethyl adjacent to an activating group) is 1. The van der Waals surface area contributed by atoms with Gasteiger partial charge in [0, 0.05) is 44.8 Å². The van der Waals surface area contributed by atoms with Crippen LogP contribution in [0.5, 0.6) is 0 Å². The summed E-state index contributed by atoms with van der Waals surface area (Å²) in [5.41, 5.74) is 7.03. The maximum atomic E-state index is 14.1. The molecule has 53 heavy (non-hydrogen) atoms. The van der Waals surface area contributed by atoms with Gasteiger partial charge in [0.1, 0.15) is 35.6 Å². The zero-order chi connectivity index (χ0) is 39.0. The summed E-state index contributed by atoms with van der Waals surface area (Å²) in [5.74, 6) is -2.63. The molecule has 0 saturated carbocycles. The number of aryl methyl sites for hydroxylation is 1. The second-order valence-electron chi connectivity index (χ2n) is 14.9. The standard InChI is InChI=1S/C40H50ClN3O9/c1-22-10-9-11-31(50-8)40(49)20-30(51-34(46)21-40)24(3)36-39(5,53-36)32(19-33(45)44(7)29-18-26(16-22)17-23(2)35(29)41)52-38(48)25(4)43(6)37(47)27-12-14-28(42)15-13-27/h9-15,17-18,24-25,30-32,36,49H,16,19-21,42H2,1-8H3/b11-9+,22-10+/t24-,25+,30+,31-,32+,36+,39+,40-/m1/s1. The van der Waals surface area contributed by atoms with E-state index in [4.69, 9.17) is 36.3 Å². The van der Waals surface area contributed by atoms with Gasteiger partial charge in [0.15, 0.2) is 0 Å². The molecule has 0 aliphatic carbocycles. The zero-order valence-electron chi connectivity index (χ0n) is 31.6. The smallest absolute Gasteiger partial charge is 0.328 e. The summed E-state index contributed by atoms with van der Waals surface area (Å²) in [7, 11) is 4.58. The first-order valence-electron chi connectivity index (χ1n) is 17.7. The van der Waals surface area contributed by atoms with Crippen molar-refractivity contribution < 1.29 is 43.2 Å². The monoisotopic (exact) mass is 751 g/mol. The van der Waals surface area contributed by atoms with Crippen LogP contribution in [0.25, 0.3) is 0 Å². The molecule has 2 aromatic carbocycles. The van der Waals surface area contributed by atoms with Crippen molar-refractivity contribution in [2.75, 3.05) is 31.8 Å². The van der Waals surface area contributed by atoms with Gasteiger partial charge in [-0.15, -0.1) is 0 Å². The summed E-state index contributed by atoms with van der Waals surface area (Å²) in [6.45, 7) is 8.94. The van der Waals surface area contributed by atoms with Crippen molar-refractivity contribution in [1.82, 2.24) is 4.90 Å². The summed E-state index contributed by atoms with van der Waals surface area (Å²) >= 11 is 6.78. The van der Waals surface area contributed by atoms with Crippen molar-refractivity contribution in [2.24, 2.45) is 5.92 Å². The topological polar surface area (TPSA) is 161 Å². The van der Waals surface area contributed by atoms with Gasteiger partial charge in [-0.25, -0.2) is 4.79 Å². The number of esters is 2. The quantitative estimate of drug-likeness (QED) is 0.243. The average Bonchev–Trinajstić information content (AvgIpc) is 3.81. The Morgan fingerprint density at radius 3 is 2.51 bits per heavy atom. The summed E-state index contributed by atoms with van der Waals surface area (Å²) in [4.78, 5) is 56.9. The van der Waals surface area contributed by atoms with Crippen LogP contribution in [0.4, 0.5) is 11.4 Å². The number of hydrogen-bond acceptors (Lipinski definition) is 10. The number of allylic oxidation sites excluding steroid dienone is 3. The van der Waals surface area contributed by atoms with Crippen LogP contribution in [0.3, 0.4) is 0 Å². The first-order chi connectivity index (χ1) is 24.9. The van der Waals surface area contributed by atoms with Crippen LogP contribution in [-0.2, 0) is 39.8 Å². The second kappa shape index (κ2) is 15.6. The number of methoxy groups -OCH3 is 1. The SMILES string of the molecule is CO[C@@H]1/C=C/C=C(\C)Cc2cc(C)c(Cl)c(c2)N(C)C(=O)C[C@H](OC(=O)[C@H](C)N(C)C(=O)c2ccc(N)cc2)[C@]2(C)O[C@H]2[C@H](C)[C@@H]2C[C@@]1(O)CC(=O)O2. The van der Waals surface area contributed by atoms with E-state index in [0.29, 0.717) is 28.4 Å². The Morgan fingerprint density at radius 2 is 1.85 bits per heavy atom. The molecule has 2 aromatic rings. The molecule has 286 valence electrons. The highest BCUT2D eigenvalue weighted by molar-refractivity contribution is 6.34. The van der Waals surface area contributed by atoms with Crippen molar-refractivity contribution in [1.29, 1.82) is 0 Å². The average molecular weight is 752 g/mol. The van der Waals surface area contributed by atoms with Gasteiger partial charge in [-0.3, -0.25) is 14.4 Å². The number of rotatable bonds is 5. The summed E-state index contributed by atoms with van der Waals surface area (Å²) < 4.78 is 23.9. The Labute approximate surface area is 315 Å². The number of epoxide rings is 1. The fourth-order valence-corrected chi connectivity index (χ4v) is 7.53. The number of nitrogen functional groups attached to an aromatic ring is 1. The zero-order valence-corrected chi connectivity index (χ0v) is 32.3. The van der Waals surface area contributed by atoms with E-state index in [1.807, 2.05) is 39.0 Å². The van der Waals surface area contributed by atoms with Crippen molar-refractivity contribution in [3.8, 4) is 0 Å². The van der Waals surface area contributed by atoms with Crippen LogP contribution < -0.4 is 10.6 Å². The van der Waals surface area contributed by atoms with Crippen molar-refractivity contribution >= 4 is 46.7 Å². The van der Waals surface area contributed by atoms with Gasteiger partial charge in [-0.05, 0) is 75.6 Å². The lowest BCUT2D eigenvalue weighted by molar-refractivity contribution is -0.187. The number of anilines is 2. The van der Waals surface area contributed by atoms with E-state index in [1.165, 1.54) is 24.0 Å². The first kappa shape index (κ1) is 40.0. The number of ether oxygens (including phenoxy) is 4. The number of fused-ring (bicyclic) bond motifs is 5. The van der Waals surface area contributed by atoms with Crippen LogP contribution in [-0.4, -0.2) is 96.6 Å². The molecular weight excluding hydrogens is 702 g/mol. The fourth-order valence-electron chi connectivity index (χ4n) is 7.30. The van der Waals surface area contributed by atoms with Gasteiger partial charge in [0.25, 0.3) is 5.91 Å². The molecule has 0 spiro atoms. The third-order valence-corrected chi connectivity index (χ3v) is 11.4. The van der Waals surface area contributed by atoms with Gasteiger partial charge in [-0.2, -0.15) is 0 Å². The molecule has 2 saturated heterocycles. The molecule has 3 heterocycles. The van der Waals surface area contributed by atoms with Gasteiger partial charge in [0.2, 0.25) is 5.91 Å². The van der Waals surface area contributed by atoms with Crippen LogP contribution in [0.2, 0.25) is 5.02 Å². The van der Waals surface area contributed by atoms with E-state index >= 15 is 0 Å². The number of benzene rings is 2. The van der Waals surface area contributed by atoms with Crippen LogP contribution in [0.15, 0.2) is 60.2 Å². The third kappa shape index (κ3) is 8.46. The van der Waals surface area contributed by atoms with E-state index in [0.717, 1.165) is 16.7 Å². The number of aliphatic hydroxyl groups is 1. The number of carbonyl (C=O) groups excluding carboxylic acids is 4.